The topological polar surface area (TPSA) is 122 Å². The van der Waals surface area contributed by atoms with E-state index in [4.69, 9.17) is 10.2 Å². The molecule has 0 atom stereocenters. The first-order valence-corrected chi connectivity index (χ1v) is 4.75. The van der Waals surface area contributed by atoms with Crippen molar-refractivity contribution in [1.82, 2.24) is 9.97 Å². The number of aromatic nitrogens is 2. The minimum Gasteiger partial charge on any atom is -0.467 e. The van der Waals surface area contributed by atoms with Crippen molar-refractivity contribution in [1.29, 1.82) is 0 Å². The lowest BCUT2D eigenvalue weighted by Crippen LogP contribution is -2.13. The van der Waals surface area contributed by atoms with Gasteiger partial charge in [0.2, 0.25) is 0 Å². The van der Waals surface area contributed by atoms with E-state index in [1.165, 1.54) is 6.33 Å². The maximum atomic E-state index is 10.9. The Labute approximate surface area is 95.9 Å². The van der Waals surface area contributed by atoms with Gasteiger partial charge in [-0.1, -0.05) is 5.22 Å². The largest absolute Gasteiger partial charge is 0.467 e. The van der Waals surface area contributed by atoms with Gasteiger partial charge in [0.1, 0.15) is 18.0 Å². The van der Waals surface area contributed by atoms with Gasteiger partial charge in [-0.15, -0.1) is 0 Å². The Balaban J connectivity index is 1.91. The van der Waals surface area contributed by atoms with Crippen LogP contribution in [0.4, 0.5) is 5.82 Å². The number of aromatic amines is 1. The number of amides is 1. The summed E-state index contributed by atoms with van der Waals surface area (Å²) in [6.07, 6.45) is 2.89. The summed E-state index contributed by atoms with van der Waals surface area (Å²) in [7, 11) is 0. The molecule has 0 aromatic carbocycles. The highest BCUT2D eigenvalue weighted by Gasteiger charge is 2.09. The molecule has 0 bridgehead atoms. The van der Waals surface area contributed by atoms with E-state index >= 15 is 0 Å². The van der Waals surface area contributed by atoms with Gasteiger partial charge >= 0.3 is 0 Å². The lowest BCUT2D eigenvalue weighted by atomic mass is 10.4. The zero-order chi connectivity index (χ0) is 12.1. The van der Waals surface area contributed by atoms with Gasteiger partial charge < -0.3 is 15.1 Å². The Morgan fingerprint density at radius 2 is 2.53 bits per heavy atom. The highest BCUT2D eigenvalue weighted by Crippen LogP contribution is 2.08. The van der Waals surface area contributed by atoms with Gasteiger partial charge in [0.25, 0.3) is 5.91 Å². The van der Waals surface area contributed by atoms with Crippen LogP contribution in [0.5, 0.6) is 0 Å². The number of rotatable bonds is 5. The van der Waals surface area contributed by atoms with Crippen LogP contribution in [0.2, 0.25) is 0 Å². The highest BCUT2D eigenvalue weighted by molar-refractivity contribution is 5.95. The summed E-state index contributed by atoms with van der Waals surface area (Å²) in [6.45, 7) is 0.302. The Bertz CT molecular complexity index is 515. The molecular formula is C9H10N6O2. The summed E-state index contributed by atoms with van der Waals surface area (Å²) in [4.78, 5) is 17.3. The van der Waals surface area contributed by atoms with Crippen LogP contribution >= 0.6 is 0 Å². The number of nitrogens with two attached hydrogens (primary N) is 1. The van der Waals surface area contributed by atoms with Crippen LogP contribution in [0.25, 0.3) is 0 Å². The molecule has 8 nitrogen and oxygen atoms in total. The molecule has 2 rings (SSSR count). The molecule has 8 heteroatoms. The molecule has 0 spiro atoms. The Morgan fingerprint density at radius 3 is 3.24 bits per heavy atom. The van der Waals surface area contributed by atoms with E-state index < -0.39 is 5.91 Å². The summed E-state index contributed by atoms with van der Waals surface area (Å²) in [6, 6.07) is 3.54. The van der Waals surface area contributed by atoms with E-state index in [1.807, 2.05) is 0 Å². The fourth-order valence-corrected chi connectivity index (χ4v) is 1.16. The molecule has 2 aromatic rings. The number of nitrogens with zero attached hydrogens (tertiary/aromatic N) is 3. The molecule has 0 radical (unpaired) electrons. The number of carbonyl (C=O) groups excluding carboxylic acids is 1. The third-order valence-corrected chi connectivity index (χ3v) is 1.92. The Kier molecular flexibility index (Phi) is 3.15. The first kappa shape index (κ1) is 10.9. The number of carbonyl (C=O) groups is 1. The van der Waals surface area contributed by atoms with Crippen molar-refractivity contribution in [3.8, 4) is 0 Å². The van der Waals surface area contributed by atoms with Gasteiger partial charge in [-0.25, -0.2) is 10.4 Å². The number of H-pyrrole nitrogens is 1. The molecule has 0 aliphatic rings. The number of hydrogen-bond donors (Lipinski definition) is 3. The first-order valence-electron chi connectivity index (χ1n) is 4.75. The number of hydrogen-bond acceptors (Lipinski definition) is 5. The third-order valence-electron chi connectivity index (χ3n) is 1.92. The molecule has 0 fully saturated rings. The predicted octanol–water partition coefficient (Wildman–Crippen LogP) is 1.08. The van der Waals surface area contributed by atoms with Crippen molar-refractivity contribution in [3.05, 3.63) is 36.2 Å². The summed E-state index contributed by atoms with van der Waals surface area (Å²) >= 11 is 0. The van der Waals surface area contributed by atoms with Gasteiger partial charge in [-0.3, -0.25) is 4.79 Å². The lowest BCUT2D eigenvalue weighted by molar-refractivity contribution is 0.0997. The summed E-state index contributed by atoms with van der Waals surface area (Å²) in [5.74, 6) is 0.305. The Morgan fingerprint density at radius 1 is 1.65 bits per heavy atom. The molecule has 4 N–H and O–H groups in total. The average molecular weight is 234 g/mol. The minimum absolute atomic E-state index is 0.155. The molecule has 88 valence electrons. The van der Waals surface area contributed by atoms with E-state index in [1.54, 1.807) is 18.4 Å². The summed E-state index contributed by atoms with van der Waals surface area (Å²) in [5, 5.41) is 7.46. The zero-order valence-electron chi connectivity index (χ0n) is 8.75. The lowest BCUT2D eigenvalue weighted by Gasteiger charge is -1.95. The fourth-order valence-electron chi connectivity index (χ4n) is 1.16. The van der Waals surface area contributed by atoms with E-state index in [0.29, 0.717) is 12.3 Å². The van der Waals surface area contributed by atoms with Gasteiger partial charge in [0, 0.05) is 0 Å². The van der Waals surface area contributed by atoms with Crippen molar-refractivity contribution in [2.75, 3.05) is 5.43 Å². The van der Waals surface area contributed by atoms with E-state index in [2.05, 4.69) is 25.7 Å². The average Bonchev–Trinajstić information content (AvgIpc) is 2.95. The number of nitrogens with one attached hydrogen (secondary N) is 2. The van der Waals surface area contributed by atoms with Crippen molar-refractivity contribution in [2.45, 2.75) is 6.54 Å². The van der Waals surface area contributed by atoms with E-state index in [9.17, 15) is 4.79 Å². The Hall–Kier alpha value is -2.64. The van der Waals surface area contributed by atoms with Crippen molar-refractivity contribution in [2.24, 2.45) is 16.1 Å². The molecule has 1 amide bonds. The minimum atomic E-state index is -0.619. The van der Waals surface area contributed by atoms with Crippen molar-refractivity contribution < 1.29 is 9.21 Å². The second-order valence-electron chi connectivity index (χ2n) is 3.08. The SMILES string of the molecule is NC(=O)c1[nH]cnc1NN=NCc1ccco1. The van der Waals surface area contributed by atoms with Gasteiger partial charge in [-0.2, -0.15) is 5.11 Å². The van der Waals surface area contributed by atoms with Gasteiger partial charge in [-0.05, 0) is 12.1 Å². The molecule has 0 aliphatic carbocycles. The maximum absolute atomic E-state index is 10.9. The van der Waals surface area contributed by atoms with Gasteiger partial charge in [0.05, 0.1) is 12.6 Å². The molecule has 2 aromatic heterocycles. The maximum Gasteiger partial charge on any atom is 0.269 e. The molecule has 0 saturated heterocycles. The van der Waals surface area contributed by atoms with Crippen LogP contribution in [-0.4, -0.2) is 15.9 Å². The van der Waals surface area contributed by atoms with E-state index in [0.717, 1.165) is 0 Å². The molecular weight excluding hydrogens is 224 g/mol. The normalized spacial score (nSPS) is 10.8. The molecule has 0 aliphatic heterocycles. The number of imidazole rings is 1. The van der Waals surface area contributed by atoms with Crippen LogP contribution in [0, 0.1) is 0 Å². The van der Waals surface area contributed by atoms with Gasteiger partial charge in [0.15, 0.2) is 5.82 Å². The third kappa shape index (κ3) is 2.68. The van der Waals surface area contributed by atoms with Crippen molar-refractivity contribution in [3.63, 3.8) is 0 Å². The summed E-state index contributed by atoms with van der Waals surface area (Å²) in [5.41, 5.74) is 7.77. The zero-order valence-corrected chi connectivity index (χ0v) is 8.75. The second-order valence-corrected chi connectivity index (χ2v) is 3.08. The molecule has 0 saturated carbocycles. The molecule has 2 heterocycles. The van der Waals surface area contributed by atoms with Crippen LogP contribution in [0.3, 0.4) is 0 Å². The van der Waals surface area contributed by atoms with Crippen molar-refractivity contribution >= 4 is 11.7 Å². The standard InChI is InChI=1S/C9H10N6O2/c10-8(16)7-9(12-5-11-7)14-15-13-4-6-2-1-3-17-6/h1-3,5H,4H2,(H2,10,16)(H,11,12)(H,13,14). The van der Waals surface area contributed by atoms with Crippen LogP contribution in [0.1, 0.15) is 16.2 Å². The van der Waals surface area contributed by atoms with Crippen LogP contribution in [-0.2, 0) is 6.54 Å². The molecule has 0 unspecified atom stereocenters. The smallest absolute Gasteiger partial charge is 0.269 e. The second kappa shape index (κ2) is 4.92. The highest BCUT2D eigenvalue weighted by atomic mass is 16.3. The fraction of sp³-hybridized carbons (Fsp3) is 0.111. The number of anilines is 1. The van der Waals surface area contributed by atoms with E-state index in [-0.39, 0.29) is 11.5 Å². The monoisotopic (exact) mass is 234 g/mol. The van der Waals surface area contributed by atoms with Crippen LogP contribution < -0.4 is 11.2 Å². The van der Waals surface area contributed by atoms with Crippen LogP contribution in [0.15, 0.2) is 39.5 Å². The number of furan rings is 1. The molecule has 17 heavy (non-hydrogen) atoms. The number of primary amides is 1. The summed E-state index contributed by atoms with van der Waals surface area (Å²) < 4.78 is 5.06. The predicted molar refractivity (Wildman–Crippen MR) is 58.0 cm³/mol. The first-order chi connectivity index (χ1) is 8.27. The quantitative estimate of drug-likeness (QED) is 0.529.